The summed E-state index contributed by atoms with van der Waals surface area (Å²) in [6, 6.07) is 2.01. The van der Waals surface area contributed by atoms with Crippen LogP contribution in [0.2, 0.25) is 0 Å². The number of anilines is 1. The normalized spacial score (nSPS) is 10.9. The number of hydrogen-bond donors (Lipinski definition) is 0. The van der Waals surface area contributed by atoms with Crippen molar-refractivity contribution in [3.05, 3.63) is 24.0 Å². The van der Waals surface area contributed by atoms with Gasteiger partial charge in [-0.1, -0.05) is 13.3 Å². The lowest BCUT2D eigenvalue weighted by molar-refractivity contribution is 0.758. The summed E-state index contributed by atoms with van der Waals surface area (Å²) in [5.74, 6) is 1.02. The van der Waals surface area contributed by atoms with E-state index in [1.807, 2.05) is 29.9 Å². The van der Waals surface area contributed by atoms with Gasteiger partial charge in [0.1, 0.15) is 5.82 Å². The second-order valence-electron chi connectivity index (χ2n) is 4.16. The molecule has 0 unspecified atom stereocenters. The third-order valence-corrected chi connectivity index (χ3v) is 2.77. The van der Waals surface area contributed by atoms with E-state index in [1.165, 1.54) is 12.8 Å². The summed E-state index contributed by atoms with van der Waals surface area (Å²) in [5.41, 5.74) is 2.06. The molecule has 0 bridgehead atoms. The first kappa shape index (κ1) is 10.9. The predicted octanol–water partition coefficient (Wildman–Crippen LogP) is 2.27. The summed E-state index contributed by atoms with van der Waals surface area (Å²) in [4.78, 5) is 6.80. The first-order valence-corrected chi connectivity index (χ1v) is 5.74. The fraction of sp³-hybridized carbons (Fsp3) is 0.500. The first-order chi connectivity index (χ1) is 7.72. The SMILES string of the molecule is CCCCN(C)c1ccn2ncc(C)c2n1. The Morgan fingerprint density at radius 2 is 2.25 bits per heavy atom. The highest BCUT2D eigenvalue weighted by atomic mass is 15.3. The molecule has 0 fully saturated rings. The largest absolute Gasteiger partial charge is 0.360 e. The van der Waals surface area contributed by atoms with E-state index in [0.29, 0.717) is 0 Å². The van der Waals surface area contributed by atoms with Gasteiger partial charge in [-0.15, -0.1) is 0 Å². The van der Waals surface area contributed by atoms with Gasteiger partial charge in [-0.2, -0.15) is 5.10 Å². The molecule has 0 aliphatic heterocycles. The minimum atomic E-state index is 0.945. The fourth-order valence-electron chi connectivity index (χ4n) is 1.70. The van der Waals surface area contributed by atoms with Crippen LogP contribution < -0.4 is 4.90 Å². The molecule has 0 amide bonds. The van der Waals surface area contributed by atoms with Gasteiger partial charge in [-0.3, -0.25) is 0 Å². The van der Waals surface area contributed by atoms with E-state index in [2.05, 4.69) is 29.0 Å². The van der Waals surface area contributed by atoms with Gasteiger partial charge in [0.05, 0.1) is 6.20 Å². The molecule has 4 heteroatoms. The van der Waals surface area contributed by atoms with Crippen molar-refractivity contribution in [3.63, 3.8) is 0 Å². The Morgan fingerprint density at radius 1 is 1.44 bits per heavy atom. The van der Waals surface area contributed by atoms with Gasteiger partial charge in [0, 0.05) is 25.4 Å². The molecule has 0 aliphatic rings. The van der Waals surface area contributed by atoms with E-state index in [9.17, 15) is 0 Å². The van der Waals surface area contributed by atoms with Crippen LogP contribution in [0.4, 0.5) is 5.82 Å². The lowest BCUT2D eigenvalue weighted by Crippen LogP contribution is -2.19. The van der Waals surface area contributed by atoms with Crippen LogP contribution >= 0.6 is 0 Å². The molecule has 0 aliphatic carbocycles. The molecular weight excluding hydrogens is 200 g/mol. The quantitative estimate of drug-likeness (QED) is 0.789. The second-order valence-corrected chi connectivity index (χ2v) is 4.16. The van der Waals surface area contributed by atoms with Gasteiger partial charge in [0.15, 0.2) is 5.65 Å². The van der Waals surface area contributed by atoms with Crippen molar-refractivity contribution in [2.75, 3.05) is 18.5 Å². The topological polar surface area (TPSA) is 33.4 Å². The molecule has 86 valence electrons. The lowest BCUT2D eigenvalue weighted by atomic mass is 10.3. The molecule has 0 atom stereocenters. The maximum atomic E-state index is 4.61. The molecule has 0 saturated carbocycles. The van der Waals surface area contributed by atoms with Gasteiger partial charge in [0.25, 0.3) is 0 Å². The number of nitrogens with zero attached hydrogens (tertiary/aromatic N) is 4. The molecule has 0 N–H and O–H groups in total. The predicted molar refractivity (Wildman–Crippen MR) is 65.9 cm³/mol. The van der Waals surface area contributed by atoms with E-state index < -0.39 is 0 Å². The monoisotopic (exact) mass is 218 g/mol. The number of hydrogen-bond acceptors (Lipinski definition) is 3. The summed E-state index contributed by atoms with van der Waals surface area (Å²) in [7, 11) is 2.08. The molecule has 2 heterocycles. The Bertz CT molecular complexity index is 475. The van der Waals surface area contributed by atoms with Crippen molar-refractivity contribution >= 4 is 11.5 Å². The Balaban J connectivity index is 2.27. The highest BCUT2D eigenvalue weighted by molar-refractivity contribution is 5.51. The van der Waals surface area contributed by atoms with Crippen LogP contribution in [0, 0.1) is 6.92 Å². The maximum absolute atomic E-state index is 4.61. The number of aromatic nitrogens is 3. The molecule has 2 rings (SSSR count). The van der Waals surface area contributed by atoms with Gasteiger partial charge < -0.3 is 4.90 Å². The second kappa shape index (κ2) is 4.51. The molecule has 2 aromatic heterocycles. The minimum absolute atomic E-state index is 0.945. The van der Waals surface area contributed by atoms with Gasteiger partial charge in [-0.05, 0) is 19.4 Å². The van der Waals surface area contributed by atoms with Gasteiger partial charge in [-0.25, -0.2) is 9.50 Å². The number of aryl methyl sites for hydroxylation is 1. The standard InChI is InChI=1S/C12H18N4/c1-4-5-7-15(3)11-6-8-16-12(14-11)10(2)9-13-16/h6,8-9H,4-5,7H2,1-3H3. The summed E-state index contributed by atoms with van der Waals surface area (Å²) >= 11 is 0. The first-order valence-electron chi connectivity index (χ1n) is 5.74. The zero-order valence-corrected chi connectivity index (χ0v) is 10.1. The van der Waals surface area contributed by atoms with E-state index >= 15 is 0 Å². The van der Waals surface area contributed by atoms with Crippen molar-refractivity contribution < 1.29 is 0 Å². The van der Waals surface area contributed by atoms with Crippen molar-refractivity contribution in [2.45, 2.75) is 26.7 Å². The summed E-state index contributed by atoms with van der Waals surface area (Å²) in [6.45, 7) is 5.28. The summed E-state index contributed by atoms with van der Waals surface area (Å²) in [5, 5.41) is 4.22. The molecular formula is C12H18N4. The molecule has 16 heavy (non-hydrogen) atoms. The highest BCUT2D eigenvalue weighted by Gasteiger charge is 2.05. The number of unbranched alkanes of at least 4 members (excludes halogenated alkanes) is 1. The van der Waals surface area contributed by atoms with E-state index in [1.54, 1.807) is 0 Å². The lowest BCUT2D eigenvalue weighted by Gasteiger charge is -2.17. The summed E-state index contributed by atoms with van der Waals surface area (Å²) < 4.78 is 1.81. The molecule has 0 saturated heterocycles. The minimum Gasteiger partial charge on any atom is -0.360 e. The van der Waals surface area contributed by atoms with E-state index in [0.717, 1.165) is 23.6 Å². The summed E-state index contributed by atoms with van der Waals surface area (Å²) in [6.07, 6.45) is 6.21. The Labute approximate surface area is 95.9 Å². The van der Waals surface area contributed by atoms with Gasteiger partial charge >= 0.3 is 0 Å². The van der Waals surface area contributed by atoms with Crippen LogP contribution in [0.3, 0.4) is 0 Å². The Hall–Kier alpha value is -1.58. The highest BCUT2D eigenvalue weighted by Crippen LogP contribution is 2.13. The maximum Gasteiger partial charge on any atom is 0.160 e. The molecule has 0 radical (unpaired) electrons. The van der Waals surface area contributed by atoms with Crippen LogP contribution in [-0.2, 0) is 0 Å². The van der Waals surface area contributed by atoms with Crippen LogP contribution in [0.25, 0.3) is 5.65 Å². The third kappa shape index (κ3) is 2.01. The van der Waals surface area contributed by atoms with Gasteiger partial charge in [0.2, 0.25) is 0 Å². The van der Waals surface area contributed by atoms with Crippen molar-refractivity contribution in [3.8, 4) is 0 Å². The van der Waals surface area contributed by atoms with Crippen LogP contribution in [0.15, 0.2) is 18.5 Å². The van der Waals surface area contributed by atoms with Crippen LogP contribution in [0.1, 0.15) is 25.3 Å². The molecule has 0 spiro atoms. The van der Waals surface area contributed by atoms with E-state index in [4.69, 9.17) is 0 Å². The van der Waals surface area contributed by atoms with Crippen molar-refractivity contribution in [2.24, 2.45) is 0 Å². The molecule has 4 nitrogen and oxygen atoms in total. The van der Waals surface area contributed by atoms with Crippen molar-refractivity contribution in [1.29, 1.82) is 0 Å². The average Bonchev–Trinajstić information content (AvgIpc) is 2.67. The molecule has 2 aromatic rings. The van der Waals surface area contributed by atoms with Crippen molar-refractivity contribution in [1.82, 2.24) is 14.6 Å². The van der Waals surface area contributed by atoms with Crippen LogP contribution in [0.5, 0.6) is 0 Å². The number of rotatable bonds is 4. The Kier molecular flexibility index (Phi) is 3.08. The Morgan fingerprint density at radius 3 is 3.00 bits per heavy atom. The fourth-order valence-corrected chi connectivity index (χ4v) is 1.70. The zero-order valence-electron chi connectivity index (χ0n) is 10.1. The third-order valence-electron chi connectivity index (χ3n) is 2.77. The number of fused-ring (bicyclic) bond motifs is 1. The molecule has 0 aromatic carbocycles. The smallest absolute Gasteiger partial charge is 0.160 e. The van der Waals surface area contributed by atoms with E-state index in [-0.39, 0.29) is 0 Å². The average molecular weight is 218 g/mol. The zero-order chi connectivity index (χ0) is 11.5. The van der Waals surface area contributed by atoms with Crippen LogP contribution in [-0.4, -0.2) is 28.2 Å².